The van der Waals surface area contributed by atoms with Crippen molar-refractivity contribution in [3.63, 3.8) is 0 Å². The van der Waals surface area contributed by atoms with E-state index in [0.29, 0.717) is 4.90 Å². The third-order valence-corrected chi connectivity index (χ3v) is 2.73. The quantitative estimate of drug-likeness (QED) is 0.320. The highest BCUT2D eigenvalue weighted by Gasteiger charge is 2.51. The van der Waals surface area contributed by atoms with Gasteiger partial charge in [-0.1, -0.05) is 13.3 Å². The number of rotatable bonds is 10. The van der Waals surface area contributed by atoms with Crippen LogP contribution in [0.15, 0.2) is 0 Å². The highest BCUT2D eigenvalue weighted by molar-refractivity contribution is 5.89. The van der Waals surface area contributed by atoms with E-state index in [1.165, 1.54) is 6.92 Å². The molecule has 0 aliphatic carbocycles. The van der Waals surface area contributed by atoms with E-state index in [9.17, 15) is 24.3 Å². The SMILES string of the molecule is CCCC(O)(C(=O)O)C(C(=O)O)N(CC(=O)O)CC(=O)O. The Balaban J connectivity index is 5.76. The van der Waals surface area contributed by atoms with Gasteiger partial charge in [0.25, 0.3) is 0 Å². The molecule has 0 bridgehead atoms. The summed E-state index contributed by atoms with van der Waals surface area (Å²) in [6.07, 6.45) is -0.379. The van der Waals surface area contributed by atoms with Gasteiger partial charge in [0.15, 0.2) is 5.60 Å². The minimum atomic E-state index is -2.80. The molecule has 0 spiro atoms. The molecule has 10 nitrogen and oxygen atoms in total. The van der Waals surface area contributed by atoms with Crippen LogP contribution in [0, 0.1) is 0 Å². The molecule has 0 aromatic carbocycles. The summed E-state index contributed by atoms with van der Waals surface area (Å²) >= 11 is 0. The highest BCUT2D eigenvalue weighted by Crippen LogP contribution is 2.23. The summed E-state index contributed by atoms with van der Waals surface area (Å²) in [5, 5.41) is 45.7. The van der Waals surface area contributed by atoms with Crippen molar-refractivity contribution >= 4 is 23.9 Å². The van der Waals surface area contributed by atoms with Crippen molar-refractivity contribution in [2.24, 2.45) is 0 Å². The average Bonchev–Trinajstić information content (AvgIpc) is 2.26. The van der Waals surface area contributed by atoms with Crippen LogP contribution in [0.5, 0.6) is 0 Å². The molecule has 10 heteroatoms. The molecule has 0 aromatic heterocycles. The molecule has 0 fully saturated rings. The Morgan fingerprint density at radius 1 is 1.00 bits per heavy atom. The summed E-state index contributed by atoms with van der Waals surface area (Å²) in [6.45, 7) is -0.587. The van der Waals surface area contributed by atoms with Crippen molar-refractivity contribution in [2.75, 3.05) is 13.1 Å². The molecule has 21 heavy (non-hydrogen) atoms. The summed E-state index contributed by atoms with van der Waals surface area (Å²) in [6, 6.07) is -2.21. The molecule has 0 aromatic rings. The predicted molar refractivity (Wildman–Crippen MR) is 65.8 cm³/mol. The minimum absolute atomic E-state index is 0.0978. The van der Waals surface area contributed by atoms with Gasteiger partial charge in [0.1, 0.15) is 6.04 Å². The lowest BCUT2D eigenvalue weighted by molar-refractivity contribution is -0.180. The van der Waals surface area contributed by atoms with Gasteiger partial charge >= 0.3 is 23.9 Å². The van der Waals surface area contributed by atoms with Crippen molar-refractivity contribution in [1.29, 1.82) is 0 Å². The Morgan fingerprint density at radius 2 is 1.43 bits per heavy atom. The number of hydrogen-bond acceptors (Lipinski definition) is 6. The van der Waals surface area contributed by atoms with Gasteiger partial charge in [-0.25, -0.2) is 4.79 Å². The molecule has 0 radical (unpaired) electrons. The van der Waals surface area contributed by atoms with Crippen LogP contribution in [0.25, 0.3) is 0 Å². The maximum Gasteiger partial charge on any atom is 0.337 e. The third-order valence-electron chi connectivity index (χ3n) is 2.73. The first-order valence-electron chi connectivity index (χ1n) is 5.92. The molecule has 0 heterocycles. The monoisotopic (exact) mass is 307 g/mol. The van der Waals surface area contributed by atoms with Crippen LogP contribution in [0.1, 0.15) is 19.8 Å². The first kappa shape index (κ1) is 18.8. The molecule has 2 atom stereocenters. The van der Waals surface area contributed by atoms with Gasteiger partial charge < -0.3 is 25.5 Å². The molecule has 0 amide bonds. The van der Waals surface area contributed by atoms with Crippen molar-refractivity contribution in [3.05, 3.63) is 0 Å². The number of aliphatic hydroxyl groups is 1. The van der Waals surface area contributed by atoms with Gasteiger partial charge in [-0.05, 0) is 6.42 Å². The van der Waals surface area contributed by atoms with E-state index in [0.717, 1.165) is 0 Å². The zero-order valence-electron chi connectivity index (χ0n) is 11.2. The number of aliphatic carboxylic acids is 4. The smallest absolute Gasteiger partial charge is 0.337 e. The van der Waals surface area contributed by atoms with Crippen LogP contribution in [0.2, 0.25) is 0 Å². The molecule has 0 saturated heterocycles. The largest absolute Gasteiger partial charge is 0.480 e. The Hall–Kier alpha value is -2.20. The lowest BCUT2D eigenvalue weighted by Crippen LogP contribution is -2.62. The molecule has 0 aliphatic rings. The Labute approximate surface area is 119 Å². The highest BCUT2D eigenvalue weighted by atomic mass is 16.4. The standard InChI is InChI=1S/C11H17NO9/c1-2-3-11(21,10(19)20)8(9(17)18)12(4-6(13)14)5-7(15)16/h8,21H,2-5H2,1H3,(H,13,14)(H,15,16)(H,17,18)(H,19,20). The van der Waals surface area contributed by atoms with Crippen molar-refractivity contribution < 1.29 is 44.7 Å². The molecular formula is C11H17NO9. The Morgan fingerprint density at radius 3 is 1.67 bits per heavy atom. The number of hydrogen-bond donors (Lipinski definition) is 5. The summed E-state index contributed by atoms with van der Waals surface area (Å²) in [4.78, 5) is 44.3. The van der Waals surface area contributed by atoms with Gasteiger partial charge in [0, 0.05) is 0 Å². The second kappa shape index (κ2) is 7.55. The molecular weight excluding hydrogens is 290 g/mol. The molecule has 5 N–H and O–H groups in total. The number of carbonyl (C=O) groups is 4. The predicted octanol–water partition coefficient (Wildman–Crippen LogP) is -1.47. The maximum absolute atomic E-state index is 11.3. The molecule has 2 unspecified atom stereocenters. The van der Waals surface area contributed by atoms with E-state index in [2.05, 4.69) is 0 Å². The van der Waals surface area contributed by atoms with E-state index >= 15 is 0 Å². The molecule has 0 aliphatic heterocycles. The summed E-state index contributed by atoms with van der Waals surface area (Å²) < 4.78 is 0. The summed E-state index contributed by atoms with van der Waals surface area (Å²) in [5.41, 5.74) is -2.80. The summed E-state index contributed by atoms with van der Waals surface area (Å²) in [5.74, 6) is -6.79. The molecule has 120 valence electrons. The average molecular weight is 307 g/mol. The number of carboxylic acid groups (broad SMARTS) is 4. The fraction of sp³-hybridized carbons (Fsp3) is 0.636. The first-order chi connectivity index (χ1) is 9.56. The second-order valence-corrected chi connectivity index (χ2v) is 4.41. The summed E-state index contributed by atoms with van der Waals surface area (Å²) in [7, 11) is 0. The minimum Gasteiger partial charge on any atom is -0.480 e. The first-order valence-corrected chi connectivity index (χ1v) is 5.92. The van der Waals surface area contributed by atoms with Crippen LogP contribution < -0.4 is 0 Å². The number of carboxylic acids is 4. The third kappa shape index (κ3) is 5.00. The van der Waals surface area contributed by atoms with Crippen LogP contribution in [-0.4, -0.2) is 79.0 Å². The number of nitrogens with zero attached hydrogens (tertiary/aromatic N) is 1. The zero-order valence-corrected chi connectivity index (χ0v) is 11.2. The Kier molecular flexibility index (Phi) is 6.76. The van der Waals surface area contributed by atoms with Crippen LogP contribution >= 0.6 is 0 Å². The van der Waals surface area contributed by atoms with E-state index in [1.807, 2.05) is 0 Å². The van der Waals surface area contributed by atoms with Gasteiger partial charge in [0.2, 0.25) is 0 Å². The van der Waals surface area contributed by atoms with Gasteiger partial charge in [0.05, 0.1) is 13.1 Å². The molecule has 0 rings (SSSR count). The van der Waals surface area contributed by atoms with Crippen molar-refractivity contribution in [2.45, 2.75) is 31.4 Å². The maximum atomic E-state index is 11.3. The topological polar surface area (TPSA) is 173 Å². The zero-order chi connectivity index (χ0) is 16.8. The second-order valence-electron chi connectivity index (χ2n) is 4.41. The van der Waals surface area contributed by atoms with Gasteiger partial charge in [-0.15, -0.1) is 0 Å². The lowest BCUT2D eigenvalue weighted by atomic mass is 9.88. The Bertz CT molecular complexity index is 419. The van der Waals surface area contributed by atoms with Gasteiger partial charge in [-0.2, -0.15) is 0 Å². The van der Waals surface area contributed by atoms with E-state index in [-0.39, 0.29) is 6.42 Å². The molecule has 0 saturated carbocycles. The van der Waals surface area contributed by atoms with Gasteiger partial charge in [-0.3, -0.25) is 19.3 Å². The van der Waals surface area contributed by atoms with E-state index in [4.69, 9.17) is 20.4 Å². The lowest BCUT2D eigenvalue weighted by Gasteiger charge is -2.36. The van der Waals surface area contributed by atoms with Crippen molar-refractivity contribution in [3.8, 4) is 0 Å². The van der Waals surface area contributed by atoms with Crippen LogP contribution in [-0.2, 0) is 19.2 Å². The van der Waals surface area contributed by atoms with Crippen LogP contribution in [0.4, 0.5) is 0 Å². The fourth-order valence-electron chi connectivity index (χ4n) is 1.99. The van der Waals surface area contributed by atoms with Crippen LogP contribution in [0.3, 0.4) is 0 Å². The van der Waals surface area contributed by atoms with E-state index in [1.54, 1.807) is 0 Å². The fourth-order valence-corrected chi connectivity index (χ4v) is 1.99. The van der Waals surface area contributed by atoms with Crippen molar-refractivity contribution in [1.82, 2.24) is 4.90 Å². The normalized spacial score (nSPS) is 15.2. The van der Waals surface area contributed by atoms with E-state index < -0.39 is 55.0 Å².